The summed E-state index contributed by atoms with van der Waals surface area (Å²) in [4.78, 5) is 16.1. The number of anilines is 1. The maximum absolute atomic E-state index is 12.0. The maximum atomic E-state index is 12.0. The number of aryl methyl sites for hydroxylation is 2. The Morgan fingerprint density at radius 3 is 2.84 bits per heavy atom. The average molecular weight is 260 g/mol. The Morgan fingerprint density at radius 2 is 2.21 bits per heavy atom. The summed E-state index contributed by atoms with van der Waals surface area (Å²) in [5.74, 6) is 6.65. The lowest BCUT2D eigenvalue weighted by Gasteiger charge is -2.09. The van der Waals surface area contributed by atoms with E-state index in [1.54, 1.807) is 6.07 Å². The Kier molecular flexibility index (Phi) is 3.82. The number of amides is 1. The van der Waals surface area contributed by atoms with Gasteiger partial charge in [-0.2, -0.15) is 0 Å². The summed E-state index contributed by atoms with van der Waals surface area (Å²) >= 11 is 0. The Hall–Kier alpha value is -2.34. The van der Waals surface area contributed by atoms with E-state index in [0.29, 0.717) is 23.6 Å². The van der Waals surface area contributed by atoms with Crippen molar-refractivity contribution in [1.29, 1.82) is 0 Å². The molecule has 0 unspecified atom stereocenters. The second-order valence-electron chi connectivity index (χ2n) is 4.21. The molecule has 2 heterocycles. The highest BCUT2D eigenvalue weighted by molar-refractivity contribution is 5.99. The standard InChI is InChI=1S/C13H16N4O2/c1-8-5-12(17-14)11(7-15-8)13(18)16-6-10-4-3-9(2)19-10/h3-5,7H,6,14H2,1-2H3,(H,15,17)(H,16,18). The van der Waals surface area contributed by atoms with Crippen LogP contribution in [0, 0.1) is 13.8 Å². The number of nitrogens with zero attached hydrogens (tertiary/aromatic N) is 1. The highest BCUT2D eigenvalue weighted by Crippen LogP contribution is 2.14. The summed E-state index contributed by atoms with van der Waals surface area (Å²) in [5, 5.41) is 2.75. The molecule has 0 aliphatic carbocycles. The van der Waals surface area contributed by atoms with Crippen molar-refractivity contribution in [1.82, 2.24) is 10.3 Å². The van der Waals surface area contributed by atoms with Crippen LogP contribution in [0.2, 0.25) is 0 Å². The summed E-state index contributed by atoms with van der Waals surface area (Å²) in [6, 6.07) is 5.39. The van der Waals surface area contributed by atoms with Crippen LogP contribution < -0.4 is 16.6 Å². The Balaban J connectivity index is 2.07. The molecule has 0 spiro atoms. The zero-order valence-corrected chi connectivity index (χ0v) is 10.9. The first-order chi connectivity index (χ1) is 9.10. The zero-order valence-electron chi connectivity index (χ0n) is 10.9. The minimum absolute atomic E-state index is 0.255. The van der Waals surface area contributed by atoms with Crippen molar-refractivity contribution in [3.05, 3.63) is 47.2 Å². The van der Waals surface area contributed by atoms with Gasteiger partial charge in [-0.3, -0.25) is 15.6 Å². The fourth-order valence-corrected chi connectivity index (χ4v) is 1.70. The molecule has 0 aromatic carbocycles. The van der Waals surface area contributed by atoms with Crippen molar-refractivity contribution in [2.45, 2.75) is 20.4 Å². The lowest BCUT2D eigenvalue weighted by molar-refractivity contribution is 0.0948. The number of hydrogen-bond donors (Lipinski definition) is 3. The molecule has 6 heteroatoms. The summed E-state index contributed by atoms with van der Waals surface area (Å²) in [6.07, 6.45) is 1.49. The Bertz CT molecular complexity index is 592. The molecule has 2 rings (SSSR count). The van der Waals surface area contributed by atoms with E-state index in [1.807, 2.05) is 26.0 Å². The number of nitrogens with one attached hydrogen (secondary N) is 2. The van der Waals surface area contributed by atoms with E-state index in [1.165, 1.54) is 6.20 Å². The van der Waals surface area contributed by atoms with Crippen molar-refractivity contribution in [3.8, 4) is 0 Å². The number of nitrogens with two attached hydrogens (primary N) is 1. The van der Waals surface area contributed by atoms with Crippen molar-refractivity contribution < 1.29 is 9.21 Å². The molecule has 0 atom stereocenters. The first kappa shape index (κ1) is 13.1. The number of aromatic nitrogens is 1. The van der Waals surface area contributed by atoms with Crippen LogP contribution in [-0.4, -0.2) is 10.9 Å². The fourth-order valence-electron chi connectivity index (χ4n) is 1.70. The average Bonchev–Trinajstić information content (AvgIpc) is 2.81. The predicted molar refractivity (Wildman–Crippen MR) is 71.4 cm³/mol. The van der Waals surface area contributed by atoms with E-state index in [2.05, 4.69) is 15.7 Å². The second kappa shape index (κ2) is 5.53. The third kappa shape index (κ3) is 3.11. The van der Waals surface area contributed by atoms with Crippen LogP contribution in [0.5, 0.6) is 0 Å². The van der Waals surface area contributed by atoms with Gasteiger partial charge in [0, 0.05) is 11.9 Å². The number of rotatable bonds is 4. The molecule has 0 saturated heterocycles. The van der Waals surface area contributed by atoms with Crippen LogP contribution in [0.1, 0.15) is 27.6 Å². The summed E-state index contributed by atoms with van der Waals surface area (Å²) in [7, 11) is 0. The molecule has 0 saturated carbocycles. The number of hydrazine groups is 1. The number of furan rings is 1. The van der Waals surface area contributed by atoms with Gasteiger partial charge in [0.25, 0.3) is 5.91 Å². The molecule has 100 valence electrons. The first-order valence-corrected chi connectivity index (χ1v) is 5.87. The molecule has 0 bridgehead atoms. The Labute approximate surface area is 111 Å². The van der Waals surface area contributed by atoms with Gasteiger partial charge in [0.15, 0.2) is 0 Å². The molecule has 0 radical (unpaired) electrons. The third-order valence-electron chi connectivity index (χ3n) is 2.66. The molecule has 6 nitrogen and oxygen atoms in total. The smallest absolute Gasteiger partial charge is 0.255 e. The van der Waals surface area contributed by atoms with Gasteiger partial charge in [-0.1, -0.05) is 0 Å². The van der Waals surface area contributed by atoms with Gasteiger partial charge in [0.1, 0.15) is 11.5 Å². The SMILES string of the molecule is Cc1cc(NN)c(C(=O)NCc2ccc(C)o2)cn1. The number of carbonyl (C=O) groups excluding carboxylic acids is 1. The minimum Gasteiger partial charge on any atom is -0.465 e. The molecular formula is C13H16N4O2. The molecule has 0 fully saturated rings. The van der Waals surface area contributed by atoms with Gasteiger partial charge in [-0.15, -0.1) is 0 Å². The van der Waals surface area contributed by atoms with Gasteiger partial charge in [-0.05, 0) is 32.0 Å². The molecule has 0 aliphatic rings. The van der Waals surface area contributed by atoms with E-state index in [9.17, 15) is 4.79 Å². The van der Waals surface area contributed by atoms with Crippen LogP contribution in [0.3, 0.4) is 0 Å². The van der Waals surface area contributed by atoms with Crippen LogP contribution in [0.15, 0.2) is 28.8 Å². The molecule has 19 heavy (non-hydrogen) atoms. The first-order valence-electron chi connectivity index (χ1n) is 5.87. The largest absolute Gasteiger partial charge is 0.465 e. The lowest BCUT2D eigenvalue weighted by atomic mass is 10.2. The highest BCUT2D eigenvalue weighted by atomic mass is 16.3. The van der Waals surface area contributed by atoms with Gasteiger partial charge in [0.05, 0.1) is 17.8 Å². The number of nitrogen functional groups attached to an aromatic ring is 1. The monoisotopic (exact) mass is 260 g/mol. The highest BCUT2D eigenvalue weighted by Gasteiger charge is 2.12. The molecule has 4 N–H and O–H groups in total. The van der Waals surface area contributed by atoms with Crippen LogP contribution >= 0.6 is 0 Å². The third-order valence-corrected chi connectivity index (χ3v) is 2.66. The van der Waals surface area contributed by atoms with E-state index in [4.69, 9.17) is 10.3 Å². The number of carbonyl (C=O) groups is 1. The van der Waals surface area contributed by atoms with E-state index in [0.717, 1.165) is 11.5 Å². The fraction of sp³-hybridized carbons (Fsp3) is 0.231. The summed E-state index contributed by atoms with van der Waals surface area (Å²) in [6.45, 7) is 4.00. The minimum atomic E-state index is -0.255. The van der Waals surface area contributed by atoms with Crippen molar-refractivity contribution in [2.24, 2.45) is 5.84 Å². The van der Waals surface area contributed by atoms with Crippen molar-refractivity contribution >= 4 is 11.6 Å². The van der Waals surface area contributed by atoms with Crippen molar-refractivity contribution in [3.63, 3.8) is 0 Å². The molecule has 2 aromatic heterocycles. The number of pyridine rings is 1. The molecular weight excluding hydrogens is 244 g/mol. The van der Waals surface area contributed by atoms with Crippen molar-refractivity contribution in [2.75, 3.05) is 5.43 Å². The molecule has 2 aromatic rings. The zero-order chi connectivity index (χ0) is 13.8. The van der Waals surface area contributed by atoms with Crippen LogP contribution in [-0.2, 0) is 6.54 Å². The van der Waals surface area contributed by atoms with Gasteiger partial charge < -0.3 is 15.2 Å². The summed E-state index contributed by atoms with van der Waals surface area (Å²) in [5.41, 5.74) is 4.22. The predicted octanol–water partition coefficient (Wildman–Crippen LogP) is 1.51. The van der Waals surface area contributed by atoms with Crippen LogP contribution in [0.4, 0.5) is 5.69 Å². The van der Waals surface area contributed by atoms with Gasteiger partial charge >= 0.3 is 0 Å². The molecule has 0 aliphatic heterocycles. The lowest BCUT2D eigenvalue weighted by Crippen LogP contribution is -2.25. The molecule has 1 amide bonds. The van der Waals surface area contributed by atoms with E-state index in [-0.39, 0.29) is 5.91 Å². The maximum Gasteiger partial charge on any atom is 0.255 e. The topological polar surface area (TPSA) is 93.2 Å². The quantitative estimate of drug-likeness (QED) is 0.572. The number of hydrogen-bond acceptors (Lipinski definition) is 5. The van der Waals surface area contributed by atoms with E-state index < -0.39 is 0 Å². The van der Waals surface area contributed by atoms with Crippen LogP contribution in [0.25, 0.3) is 0 Å². The van der Waals surface area contributed by atoms with E-state index >= 15 is 0 Å². The van der Waals surface area contributed by atoms with Gasteiger partial charge in [-0.25, -0.2) is 0 Å². The van der Waals surface area contributed by atoms with Gasteiger partial charge in [0.2, 0.25) is 0 Å². The summed E-state index contributed by atoms with van der Waals surface area (Å²) < 4.78 is 5.37. The second-order valence-corrected chi connectivity index (χ2v) is 4.21. The Morgan fingerprint density at radius 1 is 1.42 bits per heavy atom. The normalized spacial score (nSPS) is 10.3.